The van der Waals surface area contributed by atoms with E-state index in [0.29, 0.717) is 5.75 Å². The Kier molecular flexibility index (Phi) is 7.26. The van der Waals surface area contributed by atoms with E-state index in [0.717, 1.165) is 56.9 Å². The van der Waals surface area contributed by atoms with E-state index in [-0.39, 0.29) is 21.8 Å². The first kappa shape index (κ1) is 21.8. The normalized spacial score (nSPS) is 23.1. The number of aryl methyl sites for hydroxylation is 1. The van der Waals surface area contributed by atoms with Gasteiger partial charge in [0.05, 0.1) is 11.0 Å². The van der Waals surface area contributed by atoms with Crippen LogP contribution in [0.15, 0.2) is 29.2 Å². The van der Waals surface area contributed by atoms with Gasteiger partial charge in [0.15, 0.2) is 5.78 Å². The first-order valence-corrected chi connectivity index (χ1v) is 14.3. The highest BCUT2D eigenvalue weighted by Crippen LogP contribution is 2.55. The topological polar surface area (TPSA) is 64.0 Å². The Balaban J connectivity index is 1.82. The number of benzene rings is 1. The van der Waals surface area contributed by atoms with Crippen LogP contribution in [-0.4, -0.2) is 35.1 Å². The highest BCUT2D eigenvalue weighted by atomic mass is 32.3. The van der Waals surface area contributed by atoms with Crippen LogP contribution in [0, 0.1) is 12.8 Å². The molecule has 2 aliphatic carbocycles. The number of Topliss-reactive ketones (excluding diaryl/α,β-unsaturated/α-hetero) is 1. The third-order valence-corrected chi connectivity index (χ3v) is 12.1. The van der Waals surface area contributed by atoms with Crippen LogP contribution < -0.4 is 0 Å². The second-order valence-electron chi connectivity index (χ2n) is 8.68. The molecule has 0 radical (unpaired) electrons. The third-order valence-electron chi connectivity index (χ3n) is 6.35. The Morgan fingerprint density at radius 3 is 2.04 bits per heavy atom. The van der Waals surface area contributed by atoms with E-state index in [1.807, 2.05) is 25.3 Å². The lowest BCUT2D eigenvalue weighted by Gasteiger charge is -2.39. The minimum absolute atomic E-state index is 0.112. The fourth-order valence-electron chi connectivity index (χ4n) is 4.59. The molecule has 0 spiro atoms. The van der Waals surface area contributed by atoms with E-state index in [1.165, 1.54) is 12.8 Å². The van der Waals surface area contributed by atoms with Crippen molar-refractivity contribution in [2.75, 3.05) is 12.0 Å². The van der Waals surface area contributed by atoms with E-state index in [1.54, 1.807) is 12.1 Å². The maximum Gasteiger partial charge on any atom is 0.421 e. The molecule has 1 atom stereocenters. The van der Waals surface area contributed by atoms with Crippen molar-refractivity contribution in [3.8, 4) is 0 Å². The van der Waals surface area contributed by atoms with E-state index in [2.05, 4.69) is 3.63 Å². The summed E-state index contributed by atoms with van der Waals surface area (Å²) in [5.74, 6) is 0.708. The zero-order valence-electron chi connectivity index (χ0n) is 17.2. The van der Waals surface area contributed by atoms with Crippen molar-refractivity contribution in [3.05, 3.63) is 29.8 Å². The summed E-state index contributed by atoms with van der Waals surface area (Å²) in [4.78, 5) is 13.3. The lowest BCUT2D eigenvalue weighted by Crippen LogP contribution is -2.34. The molecule has 2 fully saturated rings. The Morgan fingerprint density at radius 1 is 0.929 bits per heavy atom. The molecule has 28 heavy (non-hydrogen) atoms. The second kappa shape index (κ2) is 9.31. The summed E-state index contributed by atoms with van der Waals surface area (Å²) >= 11 is 0. The van der Waals surface area contributed by atoms with Gasteiger partial charge in [-0.1, -0.05) is 56.2 Å². The van der Waals surface area contributed by atoms with Gasteiger partial charge in [0.1, 0.15) is 4.90 Å². The zero-order chi connectivity index (χ0) is 20.2. The monoisotopic (exact) mass is 427 g/mol. The number of carbonyl (C=O) groups is 1. The van der Waals surface area contributed by atoms with Gasteiger partial charge in [-0.25, -0.2) is 0 Å². The zero-order valence-corrected chi connectivity index (χ0v) is 18.9. The Hall–Kier alpha value is -0.850. The SMILES string of the molecule is Cc1ccc(S(=O)(=O)[OH+]S(C)(CC(=O)C2CCCCC2)C2CCCCC2)cc1. The molecular formula is C22H35O4S2+. The Morgan fingerprint density at radius 2 is 1.46 bits per heavy atom. The van der Waals surface area contributed by atoms with Gasteiger partial charge in [-0.15, -0.1) is 8.42 Å². The summed E-state index contributed by atoms with van der Waals surface area (Å²) in [5.41, 5.74) is 1.02. The van der Waals surface area contributed by atoms with Crippen molar-refractivity contribution >= 4 is 26.2 Å². The number of rotatable bonds is 7. The number of ketones is 1. The molecule has 6 heteroatoms. The fraction of sp³-hybridized carbons (Fsp3) is 0.682. The van der Waals surface area contributed by atoms with Crippen LogP contribution >= 0.6 is 10.3 Å². The van der Waals surface area contributed by atoms with Crippen molar-refractivity contribution in [1.29, 1.82) is 0 Å². The van der Waals surface area contributed by atoms with Crippen LogP contribution in [0.1, 0.15) is 69.8 Å². The first-order valence-electron chi connectivity index (χ1n) is 10.6. The van der Waals surface area contributed by atoms with Crippen molar-refractivity contribution in [1.82, 2.24) is 0 Å². The van der Waals surface area contributed by atoms with Crippen LogP contribution in [0.3, 0.4) is 0 Å². The minimum atomic E-state index is -3.75. The van der Waals surface area contributed by atoms with Crippen molar-refractivity contribution in [3.63, 3.8) is 0 Å². The van der Waals surface area contributed by atoms with Gasteiger partial charge in [0, 0.05) is 12.2 Å². The van der Waals surface area contributed by atoms with Gasteiger partial charge >= 0.3 is 10.1 Å². The lowest BCUT2D eigenvalue weighted by molar-refractivity contribution is -0.121. The number of hydrogen-bond acceptors (Lipinski definition) is 3. The standard InChI is InChI=1S/C22H34O4S2/c1-18-13-15-21(16-14-18)28(24,25)26-27(2,20-11-7-4-8-12-20)17-22(23)19-9-5-3-6-10-19/h13-16,19-20H,3-12,17H2,1-2H3/p+1. The molecule has 2 aliphatic rings. The van der Waals surface area contributed by atoms with Crippen LogP contribution in [0.25, 0.3) is 0 Å². The summed E-state index contributed by atoms with van der Waals surface area (Å²) in [6.07, 6.45) is 12.8. The Bertz CT molecular complexity index is 760. The average molecular weight is 428 g/mol. The molecular weight excluding hydrogens is 392 g/mol. The quantitative estimate of drug-likeness (QED) is 0.420. The highest BCUT2D eigenvalue weighted by molar-refractivity contribution is 8.32. The van der Waals surface area contributed by atoms with Crippen LogP contribution in [-0.2, 0) is 14.9 Å². The first-order chi connectivity index (χ1) is 13.3. The van der Waals surface area contributed by atoms with Gasteiger partial charge in [-0.2, -0.15) is 0 Å². The molecule has 0 bridgehead atoms. The highest BCUT2D eigenvalue weighted by Gasteiger charge is 2.43. The molecule has 0 aromatic heterocycles. The Labute approximate surface area is 172 Å². The molecule has 0 heterocycles. The predicted octanol–water partition coefficient (Wildman–Crippen LogP) is 5.61. The van der Waals surface area contributed by atoms with Crippen LogP contribution in [0.5, 0.6) is 0 Å². The molecule has 0 saturated heterocycles. The molecule has 1 N–H and O–H groups in total. The third kappa shape index (κ3) is 5.39. The number of carbonyl (C=O) groups excluding carboxylic acids is 1. The summed E-state index contributed by atoms with van der Waals surface area (Å²) < 4.78 is 30.7. The minimum Gasteiger partial charge on any atom is -0.298 e. The molecule has 3 rings (SSSR count). The van der Waals surface area contributed by atoms with Crippen molar-refractivity contribution < 1.29 is 16.8 Å². The summed E-state index contributed by atoms with van der Waals surface area (Å²) in [6.45, 7) is 1.94. The molecule has 158 valence electrons. The van der Waals surface area contributed by atoms with E-state index in [4.69, 9.17) is 0 Å². The molecule has 1 aromatic carbocycles. The van der Waals surface area contributed by atoms with Crippen LogP contribution in [0.4, 0.5) is 0 Å². The van der Waals surface area contributed by atoms with E-state index >= 15 is 0 Å². The van der Waals surface area contributed by atoms with E-state index in [9.17, 15) is 13.2 Å². The summed E-state index contributed by atoms with van der Waals surface area (Å²) in [7, 11) is -5.67. The van der Waals surface area contributed by atoms with Gasteiger partial charge in [0.25, 0.3) is 0 Å². The summed E-state index contributed by atoms with van der Waals surface area (Å²) in [5, 5.41) is 0.244. The number of hydrogen-bond donors (Lipinski definition) is 0. The summed E-state index contributed by atoms with van der Waals surface area (Å²) in [6, 6.07) is 6.89. The average Bonchev–Trinajstić information content (AvgIpc) is 2.69. The molecule has 2 saturated carbocycles. The van der Waals surface area contributed by atoms with Crippen LogP contribution in [0.2, 0.25) is 0 Å². The van der Waals surface area contributed by atoms with Crippen molar-refractivity contribution in [2.24, 2.45) is 5.92 Å². The van der Waals surface area contributed by atoms with Crippen molar-refractivity contribution in [2.45, 2.75) is 81.3 Å². The smallest absolute Gasteiger partial charge is 0.298 e. The predicted molar refractivity (Wildman–Crippen MR) is 118 cm³/mol. The van der Waals surface area contributed by atoms with Gasteiger partial charge in [0.2, 0.25) is 0 Å². The maximum absolute atomic E-state index is 13.1. The largest absolute Gasteiger partial charge is 0.421 e. The molecule has 0 amide bonds. The molecule has 1 aromatic rings. The molecule has 0 aliphatic heterocycles. The lowest BCUT2D eigenvalue weighted by atomic mass is 9.87. The van der Waals surface area contributed by atoms with Gasteiger partial charge in [-0.3, -0.25) is 8.42 Å². The van der Waals surface area contributed by atoms with E-state index < -0.39 is 20.4 Å². The maximum atomic E-state index is 13.1. The molecule has 1 unspecified atom stereocenters. The second-order valence-corrected chi connectivity index (χ2v) is 13.9. The fourth-order valence-corrected chi connectivity index (χ4v) is 10.3. The van der Waals surface area contributed by atoms with Gasteiger partial charge in [-0.05, 0) is 55.0 Å². The molecule has 4 nitrogen and oxygen atoms in total. The van der Waals surface area contributed by atoms with Gasteiger partial charge < -0.3 is 0 Å².